The summed E-state index contributed by atoms with van der Waals surface area (Å²) in [6.07, 6.45) is 4.33. The molecule has 5 nitrogen and oxygen atoms in total. The van der Waals surface area contributed by atoms with Gasteiger partial charge >= 0.3 is 0 Å². The lowest BCUT2D eigenvalue weighted by molar-refractivity contribution is 0.840. The molecule has 5 heteroatoms. The number of benzene rings is 1. The number of aromatic nitrogens is 3. The first-order valence-electron chi connectivity index (χ1n) is 7.52. The molecule has 0 radical (unpaired) electrons. The molecule has 0 atom stereocenters. The van der Waals surface area contributed by atoms with E-state index in [1.165, 1.54) is 16.2 Å². The average Bonchev–Trinajstić information content (AvgIpc) is 2.59. The van der Waals surface area contributed by atoms with E-state index in [2.05, 4.69) is 34.3 Å². The van der Waals surface area contributed by atoms with Gasteiger partial charge in [0.2, 0.25) is 5.95 Å². The van der Waals surface area contributed by atoms with E-state index in [4.69, 9.17) is 0 Å². The Kier molecular flexibility index (Phi) is 4.19. The Morgan fingerprint density at radius 3 is 2.65 bits per heavy atom. The summed E-state index contributed by atoms with van der Waals surface area (Å²) in [6.45, 7) is 2.11. The van der Waals surface area contributed by atoms with Crippen LogP contribution in [0.4, 0.5) is 11.6 Å². The van der Waals surface area contributed by atoms with E-state index in [-0.39, 0.29) is 5.56 Å². The minimum absolute atomic E-state index is 0.110. The van der Waals surface area contributed by atoms with Crippen molar-refractivity contribution in [2.45, 2.75) is 13.3 Å². The van der Waals surface area contributed by atoms with Crippen LogP contribution in [-0.4, -0.2) is 14.5 Å². The lowest BCUT2D eigenvalue weighted by Crippen LogP contribution is -2.20. The van der Waals surface area contributed by atoms with Gasteiger partial charge in [-0.25, -0.2) is 4.98 Å². The molecular formula is C18H18N4O. The smallest absolute Gasteiger partial charge is 0.255 e. The van der Waals surface area contributed by atoms with E-state index in [9.17, 15) is 4.79 Å². The summed E-state index contributed by atoms with van der Waals surface area (Å²) in [5.74, 6) is 0.512. The molecule has 0 fully saturated rings. The molecule has 0 spiro atoms. The van der Waals surface area contributed by atoms with Crippen LogP contribution in [0.2, 0.25) is 0 Å². The zero-order chi connectivity index (χ0) is 16.2. The summed E-state index contributed by atoms with van der Waals surface area (Å²) >= 11 is 0. The van der Waals surface area contributed by atoms with Crippen LogP contribution < -0.4 is 10.9 Å². The Morgan fingerprint density at radius 1 is 1.13 bits per heavy atom. The molecule has 1 aromatic carbocycles. The maximum atomic E-state index is 12.2. The van der Waals surface area contributed by atoms with Gasteiger partial charge in [-0.2, -0.15) is 0 Å². The minimum atomic E-state index is -0.110. The van der Waals surface area contributed by atoms with E-state index < -0.39 is 0 Å². The van der Waals surface area contributed by atoms with Crippen LogP contribution in [0.3, 0.4) is 0 Å². The van der Waals surface area contributed by atoms with Gasteiger partial charge in [0.05, 0.1) is 5.69 Å². The molecule has 1 N–H and O–H groups in total. The number of nitrogens with zero attached hydrogens (tertiary/aromatic N) is 3. The second-order valence-corrected chi connectivity index (χ2v) is 5.28. The lowest BCUT2D eigenvalue weighted by atomic mass is 10.1. The van der Waals surface area contributed by atoms with Crippen LogP contribution in [0.25, 0.3) is 11.3 Å². The number of hydrogen-bond acceptors (Lipinski definition) is 4. The molecule has 23 heavy (non-hydrogen) atoms. The summed E-state index contributed by atoms with van der Waals surface area (Å²) in [7, 11) is 1.71. The highest BCUT2D eigenvalue weighted by molar-refractivity contribution is 5.62. The normalized spacial score (nSPS) is 10.5. The van der Waals surface area contributed by atoms with Crippen molar-refractivity contribution in [3.63, 3.8) is 0 Å². The van der Waals surface area contributed by atoms with E-state index in [0.717, 1.165) is 17.7 Å². The summed E-state index contributed by atoms with van der Waals surface area (Å²) < 4.78 is 1.50. The van der Waals surface area contributed by atoms with Crippen molar-refractivity contribution in [2.75, 3.05) is 5.32 Å². The van der Waals surface area contributed by atoms with Gasteiger partial charge in [0.25, 0.3) is 5.56 Å². The fourth-order valence-corrected chi connectivity index (χ4v) is 2.32. The van der Waals surface area contributed by atoms with Crippen LogP contribution in [0.1, 0.15) is 12.5 Å². The standard InChI is InChI=1S/C18H18N4O/c1-3-13-5-4-6-15(11-13)20-18-21-16(12-17(23)22(18)2)14-7-9-19-10-8-14/h4-12H,3H2,1-2H3,(H,20,21). The third-order valence-electron chi connectivity index (χ3n) is 3.70. The maximum absolute atomic E-state index is 12.2. The van der Waals surface area contributed by atoms with E-state index >= 15 is 0 Å². The predicted molar refractivity (Wildman–Crippen MR) is 91.8 cm³/mol. The zero-order valence-corrected chi connectivity index (χ0v) is 13.2. The highest BCUT2D eigenvalue weighted by Crippen LogP contribution is 2.19. The van der Waals surface area contributed by atoms with E-state index in [1.807, 2.05) is 24.3 Å². The molecule has 2 aromatic heterocycles. The molecule has 2 heterocycles. The van der Waals surface area contributed by atoms with Crippen molar-refractivity contribution in [2.24, 2.45) is 7.05 Å². The van der Waals surface area contributed by atoms with Gasteiger partial charge < -0.3 is 5.32 Å². The zero-order valence-electron chi connectivity index (χ0n) is 13.2. The minimum Gasteiger partial charge on any atom is -0.326 e. The molecule has 3 aromatic rings. The first-order valence-corrected chi connectivity index (χ1v) is 7.52. The molecule has 0 saturated carbocycles. The first-order chi connectivity index (χ1) is 11.2. The Morgan fingerprint density at radius 2 is 1.91 bits per heavy atom. The predicted octanol–water partition coefficient (Wildman–Crippen LogP) is 3.15. The molecule has 0 bridgehead atoms. The highest BCUT2D eigenvalue weighted by Gasteiger charge is 2.08. The average molecular weight is 306 g/mol. The number of aryl methyl sites for hydroxylation is 1. The number of nitrogens with one attached hydrogen (secondary N) is 1. The third-order valence-corrected chi connectivity index (χ3v) is 3.70. The summed E-state index contributed by atoms with van der Waals surface area (Å²) in [5.41, 5.74) is 3.53. The van der Waals surface area contributed by atoms with Crippen molar-refractivity contribution in [1.29, 1.82) is 0 Å². The number of hydrogen-bond donors (Lipinski definition) is 1. The van der Waals surface area contributed by atoms with E-state index in [1.54, 1.807) is 19.4 Å². The van der Waals surface area contributed by atoms with Crippen LogP contribution >= 0.6 is 0 Å². The molecule has 0 saturated heterocycles. The van der Waals surface area contributed by atoms with Crippen LogP contribution in [0.5, 0.6) is 0 Å². The van der Waals surface area contributed by atoms with Crippen molar-refractivity contribution in [1.82, 2.24) is 14.5 Å². The monoisotopic (exact) mass is 306 g/mol. The molecular weight excluding hydrogens is 288 g/mol. The van der Waals surface area contributed by atoms with Gasteiger partial charge in [-0.3, -0.25) is 14.3 Å². The second kappa shape index (κ2) is 6.44. The van der Waals surface area contributed by atoms with Gasteiger partial charge in [-0.05, 0) is 36.2 Å². The van der Waals surface area contributed by atoms with Gasteiger partial charge in [0.15, 0.2) is 0 Å². The molecule has 0 aliphatic rings. The summed E-state index contributed by atoms with van der Waals surface area (Å²) in [5, 5.41) is 3.23. The largest absolute Gasteiger partial charge is 0.326 e. The van der Waals surface area contributed by atoms with Crippen molar-refractivity contribution in [3.8, 4) is 11.3 Å². The topological polar surface area (TPSA) is 59.8 Å². The second-order valence-electron chi connectivity index (χ2n) is 5.28. The Labute approximate surface area is 134 Å². The molecule has 3 rings (SSSR count). The Balaban J connectivity index is 2.01. The SMILES string of the molecule is CCc1cccc(Nc2nc(-c3ccncc3)cc(=O)n2C)c1. The summed E-state index contributed by atoms with van der Waals surface area (Å²) in [6, 6.07) is 13.3. The van der Waals surface area contributed by atoms with Crippen LogP contribution in [-0.2, 0) is 13.5 Å². The van der Waals surface area contributed by atoms with Crippen molar-refractivity contribution in [3.05, 3.63) is 70.8 Å². The molecule has 0 unspecified atom stereocenters. The molecule has 0 aliphatic heterocycles. The Bertz CT molecular complexity index is 872. The van der Waals surface area contributed by atoms with Gasteiger partial charge in [-0.15, -0.1) is 0 Å². The van der Waals surface area contributed by atoms with Gasteiger partial charge in [0, 0.05) is 36.8 Å². The van der Waals surface area contributed by atoms with Gasteiger partial charge in [0.1, 0.15) is 0 Å². The fraction of sp³-hybridized carbons (Fsp3) is 0.167. The van der Waals surface area contributed by atoms with Gasteiger partial charge in [-0.1, -0.05) is 19.1 Å². The Hall–Kier alpha value is -2.95. The molecule has 0 aliphatic carbocycles. The quantitative estimate of drug-likeness (QED) is 0.804. The van der Waals surface area contributed by atoms with Crippen LogP contribution in [0, 0.1) is 0 Å². The van der Waals surface area contributed by atoms with Crippen LogP contribution in [0.15, 0.2) is 59.7 Å². The number of pyridine rings is 1. The molecule has 116 valence electrons. The van der Waals surface area contributed by atoms with Crippen molar-refractivity contribution >= 4 is 11.6 Å². The number of rotatable bonds is 4. The van der Waals surface area contributed by atoms with E-state index in [0.29, 0.717) is 11.6 Å². The first kappa shape index (κ1) is 15.0. The summed E-state index contributed by atoms with van der Waals surface area (Å²) in [4.78, 5) is 20.8. The fourth-order valence-electron chi connectivity index (χ4n) is 2.32. The maximum Gasteiger partial charge on any atom is 0.255 e. The number of anilines is 2. The molecule has 0 amide bonds. The highest BCUT2D eigenvalue weighted by atomic mass is 16.1. The van der Waals surface area contributed by atoms with Crippen molar-refractivity contribution < 1.29 is 0 Å². The lowest BCUT2D eigenvalue weighted by Gasteiger charge is -2.12. The third kappa shape index (κ3) is 3.29.